The van der Waals surface area contributed by atoms with E-state index >= 15 is 0 Å². The van der Waals surface area contributed by atoms with Crippen molar-refractivity contribution >= 4 is 52.1 Å². The fourth-order valence-corrected chi connectivity index (χ4v) is 5.21. The van der Waals surface area contributed by atoms with E-state index in [1.165, 1.54) is 22.7 Å². The molecule has 0 amide bonds. The van der Waals surface area contributed by atoms with Crippen LogP contribution in [0.1, 0.15) is 24.8 Å². The number of hydrogen-bond acceptors (Lipinski definition) is 7. The van der Waals surface area contributed by atoms with Gasteiger partial charge in [-0.25, -0.2) is 9.79 Å². The molecule has 0 bridgehead atoms. The summed E-state index contributed by atoms with van der Waals surface area (Å²) in [6.45, 7) is 3.77. The van der Waals surface area contributed by atoms with Crippen molar-refractivity contribution < 1.29 is 9.53 Å². The minimum Gasteiger partial charge on any atom is -0.463 e. The van der Waals surface area contributed by atoms with Gasteiger partial charge in [0, 0.05) is 11.1 Å². The Labute approximate surface area is 185 Å². The summed E-state index contributed by atoms with van der Waals surface area (Å²) in [6.07, 6.45) is 1.62. The van der Waals surface area contributed by atoms with Crippen LogP contribution in [0.4, 0.5) is 5.69 Å². The zero-order chi connectivity index (χ0) is 21.3. The largest absolute Gasteiger partial charge is 0.463 e. The highest BCUT2D eigenvalue weighted by Gasteiger charge is 2.33. The molecule has 4 rings (SSSR count). The van der Waals surface area contributed by atoms with Gasteiger partial charge in [0.25, 0.3) is 5.56 Å². The Morgan fingerprint density at radius 2 is 2.13 bits per heavy atom. The lowest BCUT2D eigenvalue weighted by Gasteiger charge is -2.23. The van der Waals surface area contributed by atoms with Crippen molar-refractivity contribution in [2.45, 2.75) is 19.9 Å². The van der Waals surface area contributed by atoms with Crippen molar-refractivity contribution in [2.24, 2.45) is 4.99 Å². The highest BCUT2D eigenvalue weighted by atomic mass is 35.5. The van der Waals surface area contributed by atoms with Gasteiger partial charge in [0.15, 0.2) is 4.80 Å². The first-order chi connectivity index (χ1) is 14.5. The predicted molar refractivity (Wildman–Crippen MR) is 121 cm³/mol. The number of allylic oxidation sites excluding steroid dienone is 1. The molecule has 9 heteroatoms. The molecule has 1 atom stereocenters. The Bertz CT molecular complexity index is 1310. The predicted octanol–water partition coefficient (Wildman–Crippen LogP) is 3.53. The molecule has 30 heavy (non-hydrogen) atoms. The monoisotopic (exact) mass is 459 g/mol. The Balaban J connectivity index is 1.85. The van der Waals surface area contributed by atoms with Gasteiger partial charge in [-0.3, -0.25) is 9.36 Å². The third-order valence-electron chi connectivity index (χ3n) is 4.56. The lowest BCUT2D eigenvalue weighted by atomic mass is 10.0. The van der Waals surface area contributed by atoms with Gasteiger partial charge in [-0.1, -0.05) is 41.1 Å². The molecule has 0 saturated heterocycles. The summed E-state index contributed by atoms with van der Waals surface area (Å²) in [5.74, 6) is -0.458. The average Bonchev–Trinajstić information content (AvgIpc) is 3.35. The smallest absolute Gasteiger partial charge is 0.338 e. The molecular weight excluding hydrogens is 442 g/mol. The van der Waals surface area contributed by atoms with Crippen LogP contribution < -0.4 is 20.2 Å². The fraction of sp³-hybridized carbons (Fsp3) is 0.190. The van der Waals surface area contributed by atoms with Crippen LogP contribution in [-0.2, 0) is 9.53 Å². The van der Waals surface area contributed by atoms with Crippen LogP contribution in [0.2, 0.25) is 5.02 Å². The van der Waals surface area contributed by atoms with Crippen molar-refractivity contribution in [1.82, 2.24) is 4.57 Å². The SMILES string of the molecule is CCOC(=O)C1=C(C)N=c2s/c(=C\Nc3ccccc3Cl)c(=O)n2[C@@H]1c1cccs1. The van der Waals surface area contributed by atoms with E-state index < -0.39 is 12.0 Å². The summed E-state index contributed by atoms with van der Waals surface area (Å²) in [5.41, 5.74) is 1.41. The van der Waals surface area contributed by atoms with Crippen LogP contribution in [0.5, 0.6) is 0 Å². The highest BCUT2D eigenvalue weighted by molar-refractivity contribution is 7.10. The number of benzene rings is 1. The Morgan fingerprint density at radius 3 is 2.83 bits per heavy atom. The summed E-state index contributed by atoms with van der Waals surface area (Å²) in [6, 6.07) is 10.5. The number of anilines is 1. The molecule has 3 heterocycles. The molecule has 0 aliphatic carbocycles. The van der Waals surface area contributed by atoms with E-state index in [9.17, 15) is 9.59 Å². The molecule has 0 fully saturated rings. The third kappa shape index (κ3) is 3.74. The number of fused-ring (bicyclic) bond motifs is 1. The zero-order valence-corrected chi connectivity index (χ0v) is 18.6. The fourth-order valence-electron chi connectivity index (χ4n) is 3.23. The van der Waals surface area contributed by atoms with Crippen molar-refractivity contribution in [3.05, 3.63) is 82.6 Å². The number of nitrogens with zero attached hydrogens (tertiary/aromatic N) is 2. The molecule has 2 aromatic heterocycles. The van der Waals surface area contributed by atoms with Gasteiger partial charge in [0.2, 0.25) is 0 Å². The second-order valence-electron chi connectivity index (χ2n) is 6.44. The number of para-hydroxylation sites is 1. The molecular formula is C21H18ClN3O3S2. The van der Waals surface area contributed by atoms with Crippen LogP contribution in [0.15, 0.2) is 62.8 Å². The van der Waals surface area contributed by atoms with E-state index in [0.717, 1.165) is 4.88 Å². The Morgan fingerprint density at radius 1 is 1.33 bits per heavy atom. The summed E-state index contributed by atoms with van der Waals surface area (Å²) in [5, 5.41) is 5.56. The van der Waals surface area contributed by atoms with Gasteiger partial charge >= 0.3 is 5.97 Å². The third-order valence-corrected chi connectivity index (χ3v) is 6.80. The number of nitrogens with one attached hydrogen (secondary N) is 1. The average molecular weight is 460 g/mol. The van der Waals surface area contributed by atoms with Gasteiger partial charge < -0.3 is 10.1 Å². The normalized spacial score (nSPS) is 16.2. The minimum atomic E-state index is -0.567. The summed E-state index contributed by atoms with van der Waals surface area (Å²) >= 11 is 8.93. The van der Waals surface area contributed by atoms with Crippen molar-refractivity contribution in [3.63, 3.8) is 0 Å². The van der Waals surface area contributed by atoms with E-state index in [0.29, 0.717) is 31.3 Å². The maximum Gasteiger partial charge on any atom is 0.338 e. The number of rotatable bonds is 5. The van der Waals surface area contributed by atoms with Gasteiger partial charge in [0.05, 0.1) is 28.6 Å². The zero-order valence-electron chi connectivity index (χ0n) is 16.2. The highest BCUT2D eigenvalue weighted by Crippen LogP contribution is 2.33. The molecule has 3 aromatic rings. The van der Waals surface area contributed by atoms with Crippen molar-refractivity contribution in [1.29, 1.82) is 0 Å². The summed E-state index contributed by atoms with van der Waals surface area (Å²) < 4.78 is 7.29. The van der Waals surface area contributed by atoms with Crippen LogP contribution >= 0.6 is 34.3 Å². The molecule has 1 aliphatic heterocycles. The number of thiazole rings is 1. The summed E-state index contributed by atoms with van der Waals surface area (Å²) in [4.78, 5) is 32.0. The number of carbonyl (C=O) groups is 1. The lowest BCUT2D eigenvalue weighted by molar-refractivity contribution is -0.139. The number of aromatic nitrogens is 1. The first-order valence-electron chi connectivity index (χ1n) is 9.24. The number of halogens is 1. The number of esters is 1. The Hall–Kier alpha value is -2.68. The van der Waals surface area contributed by atoms with Crippen LogP contribution in [0.25, 0.3) is 6.20 Å². The molecule has 1 aliphatic rings. The second-order valence-corrected chi connectivity index (χ2v) is 8.84. The van der Waals surface area contributed by atoms with Crippen molar-refractivity contribution in [3.8, 4) is 0 Å². The topological polar surface area (TPSA) is 72.7 Å². The van der Waals surface area contributed by atoms with Crippen molar-refractivity contribution in [2.75, 3.05) is 11.9 Å². The minimum absolute atomic E-state index is 0.231. The van der Waals surface area contributed by atoms with Gasteiger partial charge in [-0.15, -0.1) is 11.3 Å². The van der Waals surface area contributed by atoms with Crippen LogP contribution in [-0.4, -0.2) is 17.1 Å². The maximum atomic E-state index is 13.3. The molecule has 6 nitrogen and oxygen atoms in total. The quantitative estimate of drug-likeness (QED) is 0.592. The molecule has 1 aromatic carbocycles. The Kier molecular flexibility index (Phi) is 5.90. The first-order valence-corrected chi connectivity index (χ1v) is 11.3. The number of hydrogen-bond donors (Lipinski definition) is 1. The van der Waals surface area contributed by atoms with Crippen LogP contribution in [0.3, 0.4) is 0 Å². The standard InChI is InChI=1S/C21H18ClN3O3S2/c1-3-28-20(27)17-12(2)24-21-25(18(17)15-9-6-10-29-15)19(26)16(30-21)11-23-14-8-5-4-7-13(14)22/h4-11,18,23H,3H2,1-2H3/b16-11-/t18-/m1/s1. The molecule has 1 N–H and O–H groups in total. The molecule has 0 spiro atoms. The lowest BCUT2D eigenvalue weighted by Crippen LogP contribution is -2.39. The van der Waals surface area contributed by atoms with Crippen LogP contribution in [0, 0.1) is 0 Å². The number of carbonyl (C=O) groups excluding carboxylic acids is 1. The van der Waals surface area contributed by atoms with E-state index in [1.807, 2.05) is 35.7 Å². The number of thiophene rings is 1. The van der Waals surface area contributed by atoms with E-state index in [4.69, 9.17) is 16.3 Å². The molecule has 0 saturated carbocycles. The van der Waals surface area contributed by atoms with Gasteiger partial charge in [-0.05, 0) is 37.4 Å². The molecule has 154 valence electrons. The van der Waals surface area contributed by atoms with E-state index in [-0.39, 0.29) is 12.2 Å². The maximum absolute atomic E-state index is 13.3. The van der Waals surface area contributed by atoms with E-state index in [2.05, 4.69) is 10.3 Å². The molecule has 0 radical (unpaired) electrons. The second kappa shape index (κ2) is 8.59. The van der Waals surface area contributed by atoms with Gasteiger partial charge in [-0.2, -0.15) is 0 Å². The van der Waals surface area contributed by atoms with E-state index in [1.54, 1.807) is 30.7 Å². The first kappa shape index (κ1) is 20.6. The number of ether oxygens (including phenoxy) is 1. The summed E-state index contributed by atoms with van der Waals surface area (Å²) in [7, 11) is 0. The van der Waals surface area contributed by atoms with Gasteiger partial charge in [0.1, 0.15) is 10.6 Å². The molecule has 0 unspecified atom stereocenters.